The Bertz CT molecular complexity index is 1040. The average Bonchev–Trinajstić information content (AvgIpc) is 3.05. The van der Waals surface area contributed by atoms with Gasteiger partial charge in [0, 0.05) is 34.4 Å². The van der Waals surface area contributed by atoms with Gasteiger partial charge in [-0.25, -0.2) is 0 Å². The summed E-state index contributed by atoms with van der Waals surface area (Å²) >= 11 is 5.95. The summed E-state index contributed by atoms with van der Waals surface area (Å²) in [7, 11) is 0. The summed E-state index contributed by atoms with van der Waals surface area (Å²) < 4.78 is 12.2. The molecule has 1 amide bonds. The van der Waals surface area contributed by atoms with Crippen LogP contribution in [0, 0.1) is 0 Å². The maximum Gasteiger partial charge on any atom is 0.244 e. The van der Waals surface area contributed by atoms with Crippen LogP contribution in [-0.4, -0.2) is 17.3 Å². The van der Waals surface area contributed by atoms with Gasteiger partial charge in [-0.1, -0.05) is 11.6 Å². The Hall–Kier alpha value is -2.99. The van der Waals surface area contributed by atoms with Crippen molar-refractivity contribution in [2.24, 2.45) is 0 Å². The van der Waals surface area contributed by atoms with Gasteiger partial charge in [-0.05, 0) is 30.3 Å². The van der Waals surface area contributed by atoms with E-state index >= 15 is 0 Å². The van der Waals surface area contributed by atoms with Gasteiger partial charge in [0.05, 0.1) is 5.52 Å². The fourth-order valence-corrected chi connectivity index (χ4v) is 2.92. The summed E-state index contributed by atoms with van der Waals surface area (Å²) in [4.78, 5) is 24.3. The number of amides is 1. The Morgan fingerprint density at radius 3 is 2.84 bits per heavy atom. The Kier molecular flexibility index (Phi) is 3.82. The molecule has 0 atom stereocenters. The van der Waals surface area contributed by atoms with Gasteiger partial charge in [0.15, 0.2) is 16.9 Å². The first-order chi connectivity index (χ1) is 12.1. The molecular formula is C18H13ClN2O4. The predicted molar refractivity (Wildman–Crippen MR) is 94.4 cm³/mol. The maximum atomic E-state index is 12.4. The monoisotopic (exact) mass is 356 g/mol. The Morgan fingerprint density at radius 1 is 1.12 bits per heavy atom. The van der Waals surface area contributed by atoms with Gasteiger partial charge in [-0.2, -0.15) is 0 Å². The minimum Gasteiger partial charge on any atom is -0.454 e. The molecular weight excluding hydrogens is 344 g/mol. The Balaban J connectivity index is 1.58. The number of pyridine rings is 1. The van der Waals surface area contributed by atoms with Crippen LogP contribution in [0.15, 0.2) is 53.5 Å². The highest BCUT2D eigenvalue weighted by molar-refractivity contribution is 6.31. The van der Waals surface area contributed by atoms with Crippen LogP contribution in [0.1, 0.15) is 0 Å². The van der Waals surface area contributed by atoms with Crippen LogP contribution in [0.25, 0.3) is 10.9 Å². The lowest BCUT2D eigenvalue weighted by molar-refractivity contribution is -0.116. The van der Waals surface area contributed by atoms with Crippen molar-refractivity contribution < 1.29 is 14.3 Å². The summed E-state index contributed by atoms with van der Waals surface area (Å²) in [5.41, 5.74) is 1.13. The second-order valence-corrected chi connectivity index (χ2v) is 6.02. The van der Waals surface area contributed by atoms with Crippen molar-refractivity contribution in [1.29, 1.82) is 0 Å². The fourth-order valence-electron chi connectivity index (χ4n) is 2.75. The quantitative estimate of drug-likeness (QED) is 0.783. The molecule has 1 aliphatic rings. The molecule has 126 valence electrons. The van der Waals surface area contributed by atoms with Crippen molar-refractivity contribution in [3.63, 3.8) is 0 Å². The number of nitrogens with zero attached hydrogens (tertiary/aromatic N) is 1. The van der Waals surface area contributed by atoms with E-state index in [1.807, 2.05) is 0 Å². The zero-order valence-electron chi connectivity index (χ0n) is 13.0. The molecule has 1 aliphatic heterocycles. The van der Waals surface area contributed by atoms with E-state index in [0.29, 0.717) is 33.1 Å². The predicted octanol–water partition coefficient (Wildman–Crippen LogP) is 3.02. The van der Waals surface area contributed by atoms with Crippen LogP contribution < -0.4 is 20.2 Å². The molecule has 0 radical (unpaired) electrons. The second kappa shape index (κ2) is 6.14. The molecule has 2 aromatic carbocycles. The highest BCUT2D eigenvalue weighted by Gasteiger charge is 2.14. The highest BCUT2D eigenvalue weighted by Crippen LogP contribution is 2.34. The minimum atomic E-state index is -0.223. The van der Waals surface area contributed by atoms with Gasteiger partial charge in [0.2, 0.25) is 12.7 Å². The van der Waals surface area contributed by atoms with Crippen molar-refractivity contribution in [3.8, 4) is 11.5 Å². The third kappa shape index (κ3) is 3.04. The van der Waals surface area contributed by atoms with Gasteiger partial charge in [0.25, 0.3) is 0 Å². The number of aromatic nitrogens is 1. The number of hydrogen-bond acceptors (Lipinski definition) is 4. The molecule has 1 N–H and O–H groups in total. The van der Waals surface area contributed by atoms with Crippen LogP contribution in [0.3, 0.4) is 0 Å². The number of carbonyl (C=O) groups excluding carboxylic acids is 1. The van der Waals surface area contributed by atoms with Crippen molar-refractivity contribution in [2.75, 3.05) is 12.1 Å². The van der Waals surface area contributed by atoms with Gasteiger partial charge in [-0.3, -0.25) is 9.59 Å². The summed E-state index contributed by atoms with van der Waals surface area (Å²) in [5.74, 6) is 1.03. The highest BCUT2D eigenvalue weighted by atomic mass is 35.5. The minimum absolute atomic E-state index is 0.0624. The number of anilines is 1. The largest absolute Gasteiger partial charge is 0.454 e. The zero-order chi connectivity index (χ0) is 17.4. The number of ether oxygens (including phenoxy) is 2. The van der Waals surface area contributed by atoms with E-state index in [1.165, 1.54) is 6.07 Å². The molecule has 0 aliphatic carbocycles. The molecule has 6 nitrogen and oxygen atoms in total. The second-order valence-electron chi connectivity index (χ2n) is 5.59. The number of carbonyl (C=O) groups is 1. The maximum absolute atomic E-state index is 12.4. The SMILES string of the molecule is O=C(Cn1ccc(=O)c2cc(Cl)ccc21)Nc1ccc2c(c1)OCO2. The molecule has 2 heterocycles. The molecule has 7 heteroatoms. The van der Waals surface area contributed by atoms with Crippen molar-refractivity contribution >= 4 is 34.1 Å². The lowest BCUT2D eigenvalue weighted by Gasteiger charge is -2.11. The van der Waals surface area contributed by atoms with Gasteiger partial charge >= 0.3 is 0 Å². The van der Waals surface area contributed by atoms with Crippen LogP contribution in [-0.2, 0) is 11.3 Å². The van der Waals surface area contributed by atoms with E-state index in [2.05, 4.69) is 5.32 Å². The summed E-state index contributed by atoms with van der Waals surface area (Å²) in [5, 5.41) is 3.77. The van der Waals surface area contributed by atoms with E-state index in [4.69, 9.17) is 21.1 Å². The van der Waals surface area contributed by atoms with Crippen LogP contribution in [0.4, 0.5) is 5.69 Å². The Morgan fingerprint density at radius 2 is 1.96 bits per heavy atom. The topological polar surface area (TPSA) is 69.6 Å². The first-order valence-corrected chi connectivity index (χ1v) is 7.96. The molecule has 0 fully saturated rings. The molecule has 4 rings (SSSR count). The number of fused-ring (bicyclic) bond motifs is 2. The number of rotatable bonds is 3. The first-order valence-electron chi connectivity index (χ1n) is 7.58. The molecule has 0 bridgehead atoms. The average molecular weight is 357 g/mol. The van der Waals surface area contributed by atoms with E-state index in [1.54, 1.807) is 47.2 Å². The van der Waals surface area contributed by atoms with E-state index < -0.39 is 0 Å². The third-order valence-electron chi connectivity index (χ3n) is 3.91. The molecule has 0 unspecified atom stereocenters. The van der Waals surface area contributed by atoms with Crippen molar-refractivity contribution in [2.45, 2.75) is 6.54 Å². The Labute approximate surface area is 147 Å². The molecule has 0 saturated carbocycles. The molecule has 25 heavy (non-hydrogen) atoms. The number of nitrogens with one attached hydrogen (secondary N) is 1. The first kappa shape index (κ1) is 15.5. The molecule has 3 aromatic rings. The van der Waals surface area contributed by atoms with Crippen LogP contribution in [0.5, 0.6) is 11.5 Å². The van der Waals surface area contributed by atoms with Gasteiger partial charge in [0.1, 0.15) is 6.54 Å². The van der Waals surface area contributed by atoms with Gasteiger partial charge < -0.3 is 19.4 Å². The fraction of sp³-hybridized carbons (Fsp3) is 0.111. The van der Waals surface area contributed by atoms with Gasteiger partial charge in [-0.15, -0.1) is 0 Å². The van der Waals surface area contributed by atoms with Crippen LogP contribution in [0.2, 0.25) is 5.02 Å². The van der Waals surface area contributed by atoms with Crippen molar-refractivity contribution in [3.05, 3.63) is 63.9 Å². The summed E-state index contributed by atoms with van der Waals surface area (Å²) in [6, 6.07) is 11.6. The normalized spacial score (nSPS) is 12.4. The molecule has 0 saturated heterocycles. The third-order valence-corrected chi connectivity index (χ3v) is 4.14. The van der Waals surface area contributed by atoms with E-state index in [9.17, 15) is 9.59 Å². The van der Waals surface area contributed by atoms with E-state index in [-0.39, 0.29) is 24.7 Å². The van der Waals surface area contributed by atoms with Crippen LogP contribution >= 0.6 is 11.6 Å². The zero-order valence-corrected chi connectivity index (χ0v) is 13.7. The lowest BCUT2D eigenvalue weighted by Crippen LogP contribution is -2.20. The molecule has 0 spiro atoms. The standard InChI is InChI=1S/C18H13ClN2O4/c19-11-1-3-14-13(7-11)15(22)5-6-21(14)9-18(23)20-12-2-4-16-17(8-12)25-10-24-16/h1-8H,9-10H2,(H,20,23). The summed E-state index contributed by atoms with van der Waals surface area (Å²) in [6.45, 7) is 0.242. The van der Waals surface area contributed by atoms with Crippen molar-refractivity contribution in [1.82, 2.24) is 4.57 Å². The number of halogens is 1. The number of benzene rings is 2. The smallest absolute Gasteiger partial charge is 0.244 e. The number of hydrogen-bond donors (Lipinski definition) is 1. The lowest BCUT2D eigenvalue weighted by atomic mass is 10.2. The van der Waals surface area contributed by atoms with E-state index in [0.717, 1.165) is 0 Å². The summed E-state index contributed by atoms with van der Waals surface area (Å²) in [6.07, 6.45) is 1.60. The molecule has 1 aromatic heterocycles.